The monoisotopic (exact) mass is 318 g/mol. The van der Waals surface area contributed by atoms with Crippen molar-refractivity contribution in [2.24, 2.45) is 0 Å². The summed E-state index contributed by atoms with van der Waals surface area (Å²) in [6.45, 7) is 2.74. The van der Waals surface area contributed by atoms with Crippen LogP contribution in [0.2, 0.25) is 5.02 Å². The van der Waals surface area contributed by atoms with E-state index in [2.05, 4.69) is 35.8 Å². The van der Waals surface area contributed by atoms with Crippen molar-refractivity contribution in [3.8, 4) is 5.75 Å². The van der Waals surface area contributed by atoms with Crippen molar-refractivity contribution in [2.45, 2.75) is 13.3 Å². The standard InChI is InChI=1S/C17H19ClN2O2/c1-13-3-2-4-14(11-13)9-10-19-17(21)20-12-22-16-7-5-15(18)6-8-16/h2-8,11H,9-10,12H2,1H3,(H2,19,20,21). The van der Waals surface area contributed by atoms with Gasteiger partial charge in [-0.15, -0.1) is 0 Å². The second-order valence-corrected chi connectivity index (χ2v) is 5.35. The van der Waals surface area contributed by atoms with Crippen LogP contribution in [0, 0.1) is 6.92 Å². The van der Waals surface area contributed by atoms with Crippen LogP contribution in [0.25, 0.3) is 0 Å². The summed E-state index contributed by atoms with van der Waals surface area (Å²) in [5.41, 5.74) is 2.43. The fraction of sp³-hybridized carbons (Fsp3) is 0.235. The largest absolute Gasteiger partial charge is 0.473 e. The van der Waals surface area contributed by atoms with E-state index in [0.717, 1.165) is 6.42 Å². The van der Waals surface area contributed by atoms with Crippen LogP contribution in [-0.2, 0) is 6.42 Å². The Morgan fingerprint density at radius 1 is 1.14 bits per heavy atom. The van der Waals surface area contributed by atoms with Gasteiger partial charge < -0.3 is 15.4 Å². The first kappa shape index (κ1) is 16.2. The van der Waals surface area contributed by atoms with Gasteiger partial charge in [-0.3, -0.25) is 0 Å². The molecule has 0 saturated heterocycles. The van der Waals surface area contributed by atoms with Crippen LogP contribution in [0.3, 0.4) is 0 Å². The Balaban J connectivity index is 1.62. The smallest absolute Gasteiger partial charge is 0.317 e. The summed E-state index contributed by atoms with van der Waals surface area (Å²) >= 11 is 5.78. The summed E-state index contributed by atoms with van der Waals surface area (Å²) < 4.78 is 5.38. The topological polar surface area (TPSA) is 50.4 Å². The number of rotatable bonds is 6. The highest BCUT2D eigenvalue weighted by Gasteiger charge is 2.00. The molecule has 0 bridgehead atoms. The Hall–Kier alpha value is -2.20. The zero-order valence-corrected chi connectivity index (χ0v) is 13.2. The maximum atomic E-state index is 11.6. The van der Waals surface area contributed by atoms with Gasteiger partial charge in [0.1, 0.15) is 5.75 Å². The fourth-order valence-corrected chi connectivity index (χ4v) is 2.09. The number of urea groups is 1. The van der Waals surface area contributed by atoms with E-state index in [0.29, 0.717) is 17.3 Å². The highest BCUT2D eigenvalue weighted by molar-refractivity contribution is 6.30. The lowest BCUT2D eigenvalue weighted by Gasteiger charge is -2.09. The van der Waals surface area contributed by atoms with Gasteiger partial charge >= 0.3 is 6.03 Å². The number of nitrogens with one attached hydrogen (secondary N) is 2. The molecule has 2 amide bonds. The average molecular weight is 319 g/mol. The molecule has 0 radical (unpaired) electrons. The van der Waals surface area contributed by atoms with Crippen LogP contribution in [0.15, 0.2) is 48.5 Å². The molecule has 4 nitrogen and oxygen atoms in total. The summed E-state index contributed by atoms with van der Waals surface area (Å²) in [5.74, 6) is 0.657. The first-order chi connectivity index (χ1) is 10.6. The molecule has 2 aromatic carbocycles. The predicted molar refractivity (Wildman–Crippen MR) is 88.4 cm³/mol. The van der Waals surface area contributed by atoms with Crippen molar-refractivity contribution in [1.82, 2.24) is 10.6 Å². The third-order valence-electron chi connectivity index (χ3n) is 3.07. The predicted octanol–water partition coefficient (Wildman–Crippen LogP) is 3.53. The lowest BCUT2D eigenvalue weighted by Crippen LogP contribution is -2.38. The van der Waals surface area contributed by atoms with Crippen LogP contribution >= 0.6 is 11.6 Å². The molecule has 0 fully saturated rings. The minimum Gasteiger partial charge on any atom is -0.473 e. The van der Waals surface area contributed by atoms with E-state index < -0.39 is 0 Å². The Bertz CT molecular complexity index is 614. The molecule has 0 aliphatic rings. The van der Waals surface area contributed by atoms with E-state index in [-0.39, 0.29) is 12.8 Å². The van der Waals surface area contributed by atoms with Crippen LogP contribution < -0.4 is 15.4 Å². The van der Waals surface area contributed by atoms with Gasteiger partial charge in [-0.2, -0.15) is 0 Å². The van der Waals surface area contributed by atoms with Crippen LogP contribution in [0.5, 0.6) is 5.75 Å². The van der Waals surface area contributed by atoms with Gasteiger partial charge in [0.25, 0.3) is 0 Å². The van der Waals surface area contributed by atoms with E-state index in [1.54, 1.807) is 24.3 Å². The van der Waals surface area contributed by atoms with Crippen molar-refractivity contribution in [3.63, 3.8) is 0 Å². The molecule has 0 heterocycles. The number of hydrogen-bond donors (Lipinski definition) is 2. The van der Waals surface area contributed by atoms with Crippen LogP contribution in [0.1, 0.15) is 11.1 Å². The highest BCUT2D eigenvalue weighted by atomic mass is 35.5. The van der Waals surface area contributed by atoms with E-state index in [1.165, 1.54) is 11.1 Å². The maximum Gasteiger partial charge on any atom is 0.317 e. The van der Waals surface area contributed by atoms with E-state index in [1.807, 2.05) is 6.07 Å². The Morgan fingerprint density at radius 3 is 2.64 bits per heavy atom. The molecule has 5 heteroatoms. The highest BCUT2D eigenvalue weighted by Crippen LogP contribution is 2.14. The zero-order valence-electron chi connectivity index (χ0n) is 12.4. The number of hydrogen-bond acceptors (Lipinski definition) is 2. The second kappa shape index (κ2) is 8.29. The van der Waals surface area contributed by atoms with Crippen molar-refractivity contribution < 1.29 is 9.53 Å². The number of halogens is 1. The normalized spacial score (nSPS) is 10.1. The number of aryl methyl sites for hydroxylation is 1. The third kappa shape index (κ3) is 5.66. The quantitative estimate of drug-likeness (QED) is 0.801. The summed E-state index contributed by atoms with van der Waals surface area (Å²) in [6.07, 6.45) is 0.799. The molecule has 0 unspecified atom stereocenters. The lowest BCUT2D eigenvalue weighted by atomic mass is 10.1. The number of amides is 2. The molecule has 2 N–H and O–H groups in total. The Kier molecular flexibility index (Phi) is 6.10. The first-order valence-corrected chi connectivity index (χ1v) is 7.47. The summed E-state index contributed by atoms with van der Waals surface area (Å²) in [6, 6.07) is 15.0. The van der Waals surface area contributed by atoms with Gasteiger partial charge in [0.05, 0.1) is 0 Å². The molecule has 0 atom stereocenters. The first-order valence-electron chi connectivity index (χ1n) is 7.09. The van der Waals surface area contributed by atoms with Crippen molar-refractivity contribution in [1.29, 1.82) is 0 Å². The van der Waals surface area contributed by atoms with Gasteiger partial charge in [-0.05, 0) is 43.2 Å². The Labute approximate surface area is 135 Å². The minimum atomic E-state index is -0.249. The SMILES string of the molecule is Cc1cccc(CCNC(=O)NCOc2ccc(Cl)cc2)c1. The molecule has 0 saturated carbocycles. The van der Waals surface area contributed by atoms with Crippen LogP contribution in [-0.4, -0.2) is 19.3 Å². The molecule has 0 aliphatic heterocycles. The van der Waals surface area contributed by atoms with Crippen molar-refractivity contribution in [2.75, 3.05) is 13.3 Å². The maximum absolute atomic E-state index is 11.6. The summed E-state index contributed by atoms with van der Waals surface area (Å²) in [5, 5.41) is 6.08. The van der Waals surface area contributed by atoms with Gasteiger partial charge in [0.2, 0.25) is 0 Å². The number of carbonyl (C=O) groups is 1. The summed E-state index contributed by atoms with van der Waals surface area (Å²) in [7, 11) is 0. The lowest BCUT2D eigenvalue weighted by molar-refractivity contribution is 0.224. The third-order valence-corrected chi connectivity index (χ3v) is 3.32. The molecule has 0 spiro atoms. The van der Waals surface area contributed by atoms with Crippen molar-refractivity contribution in [3.05, 3.63) is 64.7 Å². The fourth-order valence-electron chi connectivity index (χ4n) is 1.97. The van der Waals surface area contributed by atoms with Gasteiger partial charge in [-0.25, -0.2) is 4.79 Å². The van der Waals surface area contributed by atoms with E-state index >= 15 is 0 Å². The molecule has 116 valence electrons. The molecular weight excluding hydrogens is 300 g/mol. The molecule has 22 heavy (non-hydrogen) atoms. The van der Waals surface area contributed by atoms with Gasteiger partial charge in [0, 0.05) is 11.6 Å². The molecular formula is C17H19ClN2O2. The average Bonchev–Trinajstić information content (AvgIpc) is 2.49. The summed E-state index contributed by atoms with van der Waals surface area (Å²) in [4.78, 5) is 11.6. The Morgan fingerprint density at radius 2 is 1.91 bits per heavy atom. The second-order valence-electron chi connectivity index (χ2n) is 4.91. The van der Waals surface area contributed by atoms with Crippen LogP contribution in [0.4, 0.5) is 4.79 Å². The number of benzene rings is 2. The zero-order chi connectivity index (χ0) is 15.8. The van der Waals surface area contributed by atoms with E-state index in [9.17, 15) is 4.79 Å². The molecule has 2 rings (SSSR count). The number of ether oxygens (including phenoxy) is 1. The van der Waals surface area contributed by atoms with Crippen molar-refractivity contribution >= 4 is 17.6 Å². The van der Waals surface area contributed by atoms with E-state index in [4.69, 9.17) is 16.3 Å². The number of carbonyl (C=O) groups excluding carboxylic acids is 1. The van der Waals surface area contributed by atoms with Gasteiger partial charge in [0.15, 0.2) is 6.73 Å². The molecule has 0 aromatic heterocycles. The molecule has 2 aromatic rings. The minimum absolute atomic E-state index is 0.109. The van der Waals surface area contributed by atoms with Gasteiger partial charge in [-0.1, -0.05) is 41.4 Å². The molecule has 0 aliphatic carbocycles.